The predicted octanol–water partition coefficient (Wildman–Crippen LogP) is 2.92. The van der Waals surface area contributed by atoms with Gasteiger partial charge in [-0.25, -0.2) is 4.98 Å². The van der Waals surface area contributed by atoms with Crippen molar-refractivity contribution in [1.29, 1.82) is 0 Å². The lowest BCUT2D eigenvalue weighted by atomic mass is 10.1. The van der Waals surface area contributed by atoms with Crippen LogP contribution in [0.3, 0.4) is 0 Å². The molecule has 120 valence electrons. The number of aryl methyl sites for hydroxylation is 1. The van der Waals surface area contributed by atoms with Crippen LogP contribution in [0.4, 0.5) is 0 Å². The molecule has 0 radical (unpaired) electrons. The molecule has 0 unspecified atom stereocenters. The first-order valence-corrected chi connectivity index (χ1v) is 7.96. The Balaban J connectivity index is 1.64. The Hall–Kier alpha value is -3.06. The van der Waals surface area contributed by atoms with E-state index in [4.69, 9.17) is 6.42 Å². The van der Waals surface area contributed by atoms with E-state index < -0.39 is 0 Å². The number of carbonyl (C=O) groups excluding carboxylic acids is 1. The van der Waals surface area contributed by atoms with Crippen LogP contribution in [0.5, 0.6) is 0 Å². The number of rotatable bonds is 6. The number of terminal acetylenes is 1. The highest BCUT2D eigenvalue weighted by Gasteiger charge is 2.10. The first kappa shape index (κ1) is 15.8. The van der Waals surface area contributed by atoms with Crippen molar-refractivity contribution >= 4 is 16.9 Å². The Morgan fingerprint density at radius 2 is 1.88 bits per heavy atom. The molecule has 1 aromatic heterocycles. The second-order valence-corrected chi connectivity index (χ2v) is 5.57. The molecule has 2 aromatic carbocycles. The number of hydrogen-bond acceptors (Lipinski definition) is 2. The van der Waals surface area contributed by atoms with Crippen LogP contribution in [-0.2, 0) is 24.3 Å². The van der Waals surface area contributed by atoms with E-state index in [9.17, 15) is 4.79 Å². The van der Waals surface area contributed by atoms with Gasteiger partial charge in [-0.2, -0.15) is 0 Å². The summed E-state index contributed by atoms with van der Waals surface area (Å²) < 4.78 is 1.97. The monoisotopic (exact) mass is 317 g/mol. The second kappa shape index (κ2) is 7.47. The van der Waals surface area contributed by atoms with Crippen molar-refractivity contribution in [1.82, 2.24) is 14.9 Å². The fourth-order valence-electron chi connectivity index (χ4n) is 2.70. The van der Waals surface area contributed by atoms with Gasteiger partial charge in [0.2, 0.25) is 5.91 Å². The molecular weight excluding hydrogens is 298 g/mol. The summed E-state index contributed by atoms with van der Waals surface area (Å²) in [5.41, 5.74) is 3.04. The molecule has 0 atom stereocenters. The molecule has 0 aliphatic heterocycles. The molecule has 0 saturated carbocycles. The van der Waals surface area contributed by atoms with Crippen molar-refractivity contribution in [2.45, 2.75) is 25.9 Å². The van der Waals surface area contributed by atoms with Crippen molar-refractivity contribution in [3.63, 3.8) is 0 Å². The minimum atomic E-state index is 0.0122. The normalized spacial score (nSPS) is 10.5. The summed E-state index contributed by atoms with van der Waals surface area (Å²) in [5, 5.41) is 2.94. The van der Waals surface area contributed by atoms with Gasteiger partial charge in [0.15, 0.2) is 0 Å². The molecule has 24 heavy (non-hydrogen) atoms. The highest BCUT2D eigenvalue weighted by Crippen LogP contribution is 2.15. The number of imidazole rings is 1. The number of carbonyl (C=O) groups is 1. The standard InChI is InChI=1S/C20H19N3O/c1-2-14-23-18-11-7-6-10-17(18)22-19(23)15-21-20(24)13-12-16-8-4-3-5-9-16/h1,3-11H,12-15H2,(H,21,24). The van der Waals surface area contributed by atoms with Crippen LogP contribution < -0.4 is 5.32 Å². The zero-order valence-electron chi connectivity index (χ0n) is 13.4. The molecule has 0 bridgehead atoms. The lowest BCUT2D eigenvalue weighted by Crippen LogP contribution is -2.25. The smallest absolute Gasteiger partial charge is 0.220 e. The Morgan fingerprint density at radius 3 is 2.67 bits per heavy atom. The Kier molecular flexibility index (Phi) is 4.93. The molecule has 0 fully saturated rings. The average molecular weight is 317 g/mol. The van der Waals surface area contributed by atoms with Gasteiger partial charge in [-0.3, -0.25) is 4.79 Å². The SMILES string of the molecule is C#CCn1c(CNC(=O)CCc2ccccc2)nc2ccccc21. The van der Waals surface area contributed by atoms with Crippen molar-refractivity contribution in [2.24, 2.45) is 0 Å². The number of nitrogens with one attached hydrogen (secondary N) is 1. The fraction of sp³-hybridized carbons (Fsp3) is 0.200. The number of benzene rings is 2. The van der Waals surface area contributed by atoms with Gasteiger partial charge < -0.3 is 9.88 Å². The zero-order valence-corrected chi connectivity index (χ0v) is 13.4. The summed E-state index contributed by atoms with van der Waals surface area (Å²) in [5.74, 6) is 3.44. The Morgan fingerprint density at radius 1 is 1.12 bits per heavy atom. The van der Waals surface area contributed by atoms with Crippen molar-refractivity contribution < 1.29 is 4.79 Å². The minimum Gasteiger partial charge on any atom is -0.349 e. The van der Waals surface area contributed by atoms with Crippen LogP contribution >= 0.6 is 0 Å². The number of aromatic nitrogens is 2. The quantitative estimate of drug-likeness (QED) is 0.711. The number of amides is 1. The van der Waals surface area contributed by atoms with E-state index in [1.54, 1.807) is 0 Å². The Bertz CT molecular complexity index is 875. The largest absolute Gasteiger partial charge is 0.349 e. The van der Waals surface area contributed by atoms with E-state index in [-0.39, 0.29) is 5.91 Å². The number of fused-ring (bicyclic) bond motifs is 1. The van der Waals surface area contributed by atoms with Crippen LogP contribution in [0.15, 0.2) is 54.6 Å². The van der Waals surface area contributed by atoms with Crippen molar-refractivity contribution in [3.05, 3.63) is 66.0 Å². The molecule has 0 saturated heterocycles. The third-order valence-electron chi connectivity index (χ3n) is 3.91. The first-order valence-electron chi connectivity index (χ1n) is 7.96. The van der Waals surface area contributed by atoms with Gasteiger partial charge in [-0.05, 0) is 24.1 Å². The summed E-state index contributed by atoms with van der Waals surface area (Å²) in [4.78, 5) is 16.7. The topological polar surface area (TPSA) is 46.9 Å². The summed E-state index contributed by atoms with van der Waals surface area (Å²) >= 11 is 0. The van der Waals surface area contributed by atoms with Gasteiger partial charge in [-0.1, -0.05) is 48.4 Å². The zero-order chi connectivity index (χ0) is 16.8. The van der Waals surface area contributed by atoms with E-state index in [2.05, 4.69) is 16.2 Å². The number of hydrogen-bond donors (Lipinski definition) is 1. The molecule has 3 rings (SSSR count). The van der Waals surface area contributed by atoms with Gasteiger partial charge >= 0.3 is 0 Å². The first-order chi connectivity index (χ1) is 11.8. The van der Waals surface area contributed by atoms with E-state index in [0.29, 0.717) is 19.5 Å². The minimum absolute atomic E-state index is 0.0122. The molecule has 1 amide bonds. The molecular formula is C20H19N3O. The van der Waals surface area contributed by atoms with Crippen LogP contribution in [0, 0.1) is 12.3 Å². The van der Waals surface area contributed by atoms with Crippen molar-refractivity contribution in [3.8, 4) is 12.3 Å². The van der Waals surface area contributed by atoms with Gasteiger partial charge in [0, 0.05) is 6.42 Å². The van der Waals surface area contributed by atoms with Crippen LogP contribution in [0.2, 0.25) is 0 Å². The lowest BCUT2D eigenvalue weighted by Gasteiger charge is -2.07. The van der Waals surface area contributed by atoms with E-state index in [0.717, 1.165) is 28.8 Å². The summed E-state index contributed by atoms with van der Waals surface area (Å²) in [6.45, 7) is 0.819. The third kappa shape index (κ3) is 3.64. The van der Waals surface area contributed by atoms with Crippen LogP contribution in [-0.4, -0.2) is 15.5 Å². The Labute approximate surface area is 141 Å². The summed E-state index contributed by atoms with van der Waals surface area (Å²) in [7, 11) is 0. The third-order valence-corrected chi connectivity index (χ3v) is 3.91. The number of nitrogens with zero attached hydrogens (tertiary/aromatic N) is 2. The maximum Gasteiger partial charge on any atom is 0.220 e. The lowest BCUT2D eigenvalue weighted by molar-refractivity contribution is -0.121. The summed E-state index contributed by atoms with van der Waals surface area (Å²) in [6.07, 6.45) is 6.65. The molecule has 1 N–H and O–H groups in total. The molecule has 3 aromatic rings. The van der Waals surface area contributed by atoms with E-state index >= 15 is 0 Å². The fourth-order valence-corrected chi connectivity index (χ4v) is 2.70. The molecule has 1 heterocycles. The van der Waals surface area contributed by atoms with Crippen molar-refractivity contribution in [2.75, 3.05) is 0 Å². The average Bonchev–Trinajstić information content (AvgIpc) is 2.97. The molecule has 0 aliphatic rings. The van der Waals surface area contributed by atoms with Gasteiger partial charge in [0.1, 0.15) is 5.82 Å². The highest BCUT2D eigenvalue weighted by atomic mass is 16.1. The number of para-hydroxylation sites is 2. The molecule has 0 aliphatic carbocycles. The molecule has 4 heteroatoms. The van der Waals surface area contributed by atoms with Gasteiger partial charge in [0.05, 0.1) is 24.1 Å². The van der Waals surface area contributed by atoms with Gasteiger partial charge in [0.25, 0.3) is 0 Å². The highest BCUT2D eigenvalue weighted by molar-refractivity contribution is 5.77. The van der Waals surface area contributed by atoms with E-state index in [1.807, 2.05) is 59.2 Å². The van der Waals surface area contributed by atoms with Crippen LogP contribution in [0.1, 0.15) is 17.8 Å². The second-order valence-electron chi connectivity index (χ2n) is 5.57. The predicted molar refractivity (Wildman–Crippen MR) is 95.2 cm³/mol. The summed E-state index contributed by atoms with van der Waals surface area (Å²) in [6, 6.07) is 17.8. The van der Waals surface area contributed by atoms with E-state index in [1.165, 1.54) is 0 Å². The maximum atomic E-state index is 12.1. The molecule has 0 spiro atoms. The molecule has 4 nitrogen and oxygen atoms in total. The van der Waals surface area contributed by atoms with Crippen LogP contribution in [0.25, 0.3) is 11.0 Å². The van der Waals surface area contributed by atoms with Gasteiger partial charge in [-0.15, -0.1) is 6.42 Å². The maximum absolute atomic E-state index is 12.1.